The number of fused-ring (bicyclic) bond motifs is 1. The van der Waals surface area contributed by atoms with E-state index in [2.05, 4.69) is 10.00 Å². The van der Waals surface area contributed by atoms with Crippen LogP contribution in [0.15, 0.2) is 24.3 Å². The lowest BCUT2D eigenvalue weighted by molar-refractivity contribution is -0.136. The van der Waals surface area contributed by atoms with Gasteiger partial charge in [-0.1, -0.05) is 17.7 Å². The minimum Gasteiger partial charge on any atom is -0.481 e. The standard InChI is InChI=1S/C16H17ClFN3O2/c17-14-7-11(1-3-15(14)18)9-20-5-6-21-13(10-20)8-12(19-21)2-4-16(22)23/h1,3,7-8H,2,4-6,9-10H2,(H,22,23). The first-order valence-electron chi connectivity index (χ1n) is 7.45. The number of hydrogen-bond donors (Lipinski definition) is 1. The van der Waals surface area contributed by atoms with Crippen LogP contribution < -0.4 is 0 Å². The first-order valence-corrected chi connectivity index (χ1v) is 7.83. The molecule has 122 valence electrons. The summed E-state index contributed by atoms with van der Waals surface area (Å²) in [5.41, 5.74) is 2.86. The Bertz CT molecular complexity index is 732. The summed E-state index contributed by atoms with van der Waals surface area (Å²) in [6.07, 6.45) is 0.539. The number of carbonyl (C=O) groups is 1. The molecule has 2 aromatic rings. The van der Waals surface area contributed by atoms with Crippen molar-refractivity contribution in [1.82, 2.24) is 14.7 Å². The van der Waals surface area contributed by atoms with E-state index in [1.54, 1.807) is 12.1 Å². The summed E-state index contributed by atoms with van der Waals surface area (Å²) < 4.78 is 15.1. The summed E-state index contributed by atoms with van der Waals surface area (Å²) in [6, 6.07) is 6.75. The van der Waals surface area contributed by atoms with Gasteiger partial charge in [0.1, 0.15) is 5.82 Å². The number of carboxylic acid groups (broad SMARTS) is 1. The summed E-state index contributed by atoms with van der Waals surface area (Å²) >= 11 is 5.82. The lowest BCUT2D eigenvalue weighted by atomic mass is 10.2. The van der Waals surface area contributed by atoms with Crippen LogP contribution in [0.2, 0.25) is 5.02 Å². The van der Waals surface area contributed by atoms with E-state index in [1.807, 2.05) is 10.7 Å². The highest BCUT2D eigenvalue weighted by Gasteiger charge is 2.19. The molecule has 1 aliphatic heterocycles. The van der Waals surface area contributed by atoms with E-state index >= 15 is 0 Å². The third kappa shape index (κ3) is 3.89. The van der Waals surface area contributed by atoms with Crippen molar-refractivity contribution in [3.8, 4) is 0 Å². The van der Waals surface area contributed by atoms with E-state index in [0.717, 1.165) is 36.6 Å². The first kappa shape index (κ1) is 16.0. The molecule has 3 rings (SSSR count). The number of rotatable bonds is 5. The SMILES string of the molecule is O=C(O)CCc1cc2n(n1)CCN(Cc1ccc(F)c(Cl)c1)C2. The molecule has 1 aromatic carbocycles. The Kier molecular flexibility index (Phi) is 4.63. The highest BCUT2D eigenvalue weighted by Crippen LogP contribution is 2.20. The number of aliphatic carboxylic acids is 1. The summed E-state index contributed by atoms with van der Waals surface area (Å²) in [7, 11) is 0. The molecule has 23 heavy (non-hydrogen) atoms. The first-order chi connectivity index (χ1) is 11.0. The molecule has 0 fully saturated rings. The van der Waals surface area contributed by atoms with Crippen LogP contribution in [0.4, 0.5) is 4.39 Å². The normalized spacial score (nSPS) is 14.7. The number of halogens is 2. The van der Waals surface area contributed by atoms with Crippen LogP contribution in [-0.2, 0) is 30.8 Å². The largest absolute Gasteiger partial charge is 0.481 e. The Morgan fingerprint density at radius 3 is 2.91 bits per heavy atom. The van der Waals surface area contributed by atoms with E-state index in [1.165, 1.54) is 6.07 Å². The van der Waals surface area contributed by atoms with Crippen LogP contribution in [0, 0.1) is 5.82 Å². The maximum atomic E-state index is 13.2. The molecule has 7 heteroatoms. The lowest BCUT2D eigenvalue weighted by Crippen LogP contribution is -2.33. The molecule has 0 bridgehead atoms. The van der Waals surface area contributed by atoms with E-state index in [4.69, 9.17) is 16.7 Å². The average molecular weight is 338 g/mol. The highest BCUT2D eigenvalue weighted by atomic mass is 35.5. The molecule has 0 atom stereocenters. The maximum absolute atomic E-state index is 13.2. The third-order valence-electron chi connectivity index (χ3n) is 3.91. The highest BCUT2D eigenvalue weighted by molar-refractivity contribution is 6.30. The molecule has 0 radical (unpaired) electrons. The molecule has 1 aromatic heterocycles. The molecule has 1 aliphatic rings. The predicted octanol–water partition coefficient (Wildman–Crippen LogP) is 2.71. The Hall–Kier alpha value is -1.92. The summed E-state index contributed by atoms with van der Waals surface area (Å²) in [6.45, 7) is 3.02. The van der Waals surface area contributed by atoms with Gasteiger partial charge in [-0.3, -0.25) is 14.4 Å². The minimum atomic E-state index is -0.814. The molecule has 0 amide bonds. The van der Waals surface area contributed by atoms with Crippen LogP contribution in [0.25, 0.3) is 0 Å². The van der Waals surface area contributed by atoms with E-state index < -0.39 is 11.8 Å². The summed E-state index contributed by atoms with van der Waals surface area (Å²) in [4.78, 5) is 12.9. The van der Waals surface area contributed by atoms with Crippen LogP contribution in [0.5, 0.6) is 0 Å². The van der Waals surface area contributed by atoms with Gasteiger partial charge in [0.2, 0.25) is 0 Å². The van der Waals surface area contributed by atoms with Crippen molar-refractivity contribution in [2.24, 2.45) is 0 Å². The molecule has 0 saturated heterocycles. The van der Waals surface area contributed by atoms with Gasteiger partial charge in [0.05, 0.1) is 29.4 Å². The van der Waals surface area contributed by atoms with Gasteiger partial charge in [-0.2, -0.15) is 5.10 Å². The van der Waals surface area contributed by atoms with Crippen molar-refractivity contribution >= 4 is 17.6 Å². The van der Waals surface area contributed by atoms with Gasteiger partial charge in [0.25, 0.3) is 0 Å². The predicted molar refractivity (Wildman–Crippen MR) is 83.7 cm³/mol. The Balaban J connectivity index is 1.65. The average Bonchev–Trinajstić information content (AvgIpc) is 2.91. The fraction of sp³-hybridized carbons (Fsp3) is 0.375. The Labute approximate surface area is 138 Å². The van der Waals surface area contributed by atoms with Crippen molar-refractivity contribution < 1.29 is 14.3 Å². The molecular formula is C16H17ClFN3O2. The molecule has 0 aliphatic carbocycles. The van der Waals surface area contributed by atoms with Gasteiger partial charge in [0, 0.05) is 26.1 Å². The quantitative estimate of drug-likeness (QED) is 0.911. The second-order valence-corrected chi connectivity index (χ2v) is 6.11. The molecule has 0 unspecified atom stereocenters. The third-order valence-corrected chi connectivity index (χ3v) is 4.20. The van der Waals surface area contributed by atoms with Crippen LogP contribution in [-0.4, -0.2) is 32.3 Å². The number of aromatic nitrogens is 2. The number of benzene rings is 1. The molecule has 2 heterocycles. The molecule has 0 saturated carbocycles. The number of carboxylic acids is 1. The van der Waals surface area contributed by atoms with Crippen LogP contribution in [0.3, 0.4) is 0 Å². The zero-order valence-corrected chi connectivity index (χ0v) is 13.3. The van der Waals surface area contributed by atoms with E-state index in [9.17, 15) is 9.18 Å². The topological polar surface area (TPSA) is 58.4 Å². The number of hydrogen-bond acceptors (Lipinski definition) is 3. The van der Waals surface area contributed by atoms with Crippen molar-refractivity contribution in [2.45, 2.75) is 32.5 Å². The number of aryl methyl sites for hydroxylation is 1. The van der Waals surface area contributed by atoms with Gasteiger partial charge in [0.15, 0.2) is 0 Å². The van der Waals surface area contributed by atoms with Gasteiger partial charge < -0.3 is 5.11 Å². The van der Waals surface area contributed by atoms with Gasteiger partial charge >= 0.3 is 5.97 Å². The van der Waals surface area contributed by atoms with E-state index in [0.29, 0.717) is 13.0 Å². The second-order valence-electron chi connectivity index (χ2n) is 5.70. The summed E-state index contributed by atoms with van der Waals surface area (Å²) in [5, 5.41) is 13.3. The van der Waals surface area contributed by atoms with Crippen molar-refractivity contribution in [3.05, 3.63) is 52.1 Å². The van der Waals surface area contributed by atoms with Crippen molar-refractivity contribution in [3.63, 3.8) is 0 Å². The van der Waals surface area contributed by atoms with Gasteiger partial charge in [-0.25, -0.2) is 4.39 Å². The Morgan fingerprint density at radius 2 is 2.17 bits per heavy atom. The maximum Gasteiger partial charge on any atom is 0.303 e. The van der Waals surface area contributed by atoms with Crippen molar-refractivity contribution in [2.75, 3.05) is 6.54 Å². The second kappa shape index (κ2) is 6.68. The van der Waals surface area contributed by atoms with Crippen LogP contribution >= 0.6 is 11.6 Å². The number of nitrogens with zero attached hydrogens (tertiary/aromatic N) is 3. The van der Waals surface area contributed by atoms with Crippen molar-refractivity contribution in [1.29, 1.82) is 0 Å². The molecule has 1 N–H and O–H groups in total. The lowest BCUT2D eigenvalue weighted by Gasteiger charge is -2.27. The zero-order valence-electron chi connectivity index (χ0n) is 12.5. The fourth-order valence-electron chi connectivity index (χ4n) is 2.77. The zero-order chi connectivity index (χ0) is 16.4. The minimum absolute atomic E-state index is 0.0915. The molecule has 5 nitrogen and oxygen atoms in total. The van der Waals surface area contributed by atoms with Gasteiger partial charge in [-0.15, -0.1) is 0 Å². The van der Waals surface area contributed by atoms with Crippen LogP contribution in [0.1, 0.15) is 23.4 Å². The fourth-order valence-corrected chi connectivity index (χ4v) is 2.97. The summed E-state index contributed by atoms with van der Waals surface area (Å²) in [5.74, 6) is -1.22. The molecule has 0 spiro atoms. The van der Waals surface area contributed by atoms with E-state index in [-0.39, 0.29) is 11.4 Å². The Morgan fingerprint density at radius 1 is 1.35 bits per heavy atom. The monoisotopic (exact) mass is 337 g/mol. The van der Waals surface area contributed by atoms with Gasteiger partial charge in [-0.05, 0) is 23.8 Å². The smallest absolute Gasteiger partial charge is 0.303 e. The molecular weight excluding hydrogens is 321 g/mol.